The Labute approximate surface area is 123 Å². The van der Waals surface area contributed by atoms with Crippen LogP contribution in [-0.4, -0.2) is 19.3 Å². The smallest absolute Gasteiger partial charge is 0.244 e. The Kier molecular flexibility index (Phi) is 4.93. The molecule has 0 unspecified atom stereocenters. The van der Waals surface area contributed by atoms with Crippen LogP contribution in [0.1, 0.15) is 17.4 Å². The molecule has 0 saturated carbocycles. The lowest BCUT2D eigenvalue weighted by atomic mass is 10.2. The summed E-state index contributed by atoms with van der Waals surface area (Å²) in [7, 11) is -3.49. The fraction of sp³-hybridized carbons (Fsp3) is 0.286. The average Bonchev–Trinajstić information content (AvgIpc) is 2.95. The zero-order chi connectivity index (χ0) is 14.6. The van der Waals surface area contributed by atoms with Crippen molar-refractivity contribution >= 4 is 21.4 Å². The van der Waals surface area contributed by atoms with Gasteiger partial charge in [-0.2, -0.15) is 4.31 Å². The number of hydrogen-bond donors (Lipinski definition) is 1. The molecule has 2 aromatic rings. The van der Waals surface area contributed by atoms with Gasteiger partial charge in [-0.3, -0.25) is 0 Å². The third-order valence-electron chi connectivity index (χ3n) is 3.06. The lowest BCUT2D eigenvalue weighted by molar-refractivity contribution is 0.423. The predicted molar refractivity (Wildman–Crippen MR) is 81.9 cm³/mol. The molecular formula is C14H18N2O2S2. The first-order valence-corrected chi connectivity index (χ1v) is 8.72. The molecule has 0 aliphatic rings. The first-order chi connectivity index (χ1) is 9.59. The predicted octanol–water partition coefficient (Wildman–Crippen LogP) is 2.42. The van der Waals surface area contributed by atoms with Crippen molar-refractivity contribution < 1.29 is 8.42 Å². The first-order valence-electron chi connectivity index (χ1n) is 6.40. The van der Waals surface area contributed by atoms with E-state index >= 15 is 0 Å². The van der Waals surface area contributed by atoms with Crippen molar-refractivity contribution in [1.29, 1.82) is 0 Å². The number of nitrogens with zero attached hydrogens (tertiary/aromatic N) is 1. The van der Waals surface area contributed by atoms with Gasteiger partial charge in [0, 0.05) is 24.5 Å². The maximum Gasteiger partial charge on any atom is 0.244 e. The molecule has 0 fully saturated rings. The molecule has 2 rings (SSSR count). The molecule has 0 amide bonds. The van der Waals surface area contributed by atoms with E-state index in [1.807, 2.05) is 37.3 Å². The monoisotopic (exact) mass is 310 g/mol. The Morgan fingerprint density at radius 3 is 2.50 bits per heavy atom. The molecule has 1 aromatic carbocycles. The van der Waals surface area contributed by atoms with E-state index in [0.29, 0.717) is 22.9 Å². The average molecular weight is 310 g/mol. The van der Waals surface area contributed by atoms with Gasteiger partial charge >= 0.3 is 0 Å². The van der Waals surface area contributed by atoms with Crippen molar-refractivity contribution in [1.82, 2.24) is 4.31 Å². The van der Waals surface area contributed by atoms with E-state index in [-0.39, 0.29) is 6.54 Å². The standard InChI is InChI=1S/C14H18N2O2S2/c1-2-16(11-12-6-4-3-5-7-12)20(17,18)14-8-9-19-13(14)10-15/h3-9H,2,10-11,15H2,1H3. The van der Waals surface area contributed by atoms with Crippen molar-refractivity contribution in [2.24, 2.45) is 5.73 Å². The molecule has 0 atom stereocenters. The SMILES string of the molecule is CCN(Cc1ccccc1)S(=O)(=O)c1ccsc1CN. The summed E-state index contributed by atoms with van der Waals surface area (Å²) in [6.07, 6.45) is 0. The van der Waals surface area contributed by atoms with Gasteiger partial charge in [0.2, 0.25) is 10.0 Å². The van der Waals surface area contributed by atoms with Crippen molar-refractivity contribution in [3.63, 3.8) is 0 Å². The van der Waals surface area contributed by atoms with Crippen molar-refractivity contribution in [2.75, 3.05) is 6.54 Å². The van der Waals surface area contributed by atoms with Crippen LogP contribution in [0.2, 0.25) is 0 Å². The third-order valence-corrected chi connectivity index (χ3v) is 6.14. The number of rotatable bonds is 6. The normalized spacial score (nSPS) is 11.9. The molecule has 1 heterocycles. The van der Waals surface area contributed by atoms with Crippen LogP contribution in [-0.2, 0) is 23.1 Å². The van der Waals surface area contributed by atoms with E-state index in [1.54, 1.807) is 11.4 Å². The molecule has 0 aliphatic carbocycles. The minimum atomic E-state index is -3.49. The van der Waals surface area contributed by atoms with Gasteiger partial charge in [-0.05, 0) is 17.0 Å². The molecule has 0 saturated heterocycles. The van der Waals surface area contributed by atoms with E-state index < -0.39 is 10.0 Å². The van der Waals surface area contributed by atoms with Crippen LogP contribution >= 0.6 is 11.3 Å². The van der Waals surface area contributed by atoms with E-state index in [9.17, 15) is 8.42 Å². The Morgan fingerprint density at radius 2 is 1.90 bits per heavy atom. The Balaban J connectivity index is 2.31. The van der Waals surface area contributed by atoms with E-state index in [4.69, 9.17) is 5.73 Å². The highest BCUT2D eigenvalue weighted by Gasteiger charge is 2.26. The van der Waals surface area contributed by atoms with Crippen LogP contribution in [0.5, 0.6) is 0 Å². The first kappa shape index (κ1) is 15.2. The topological polar surface area (TPSA) is 63.4 Å². The quantitative estimate of drug-likeness (QED) is 0.891. The zero-order valence-electron chi connectivity index (χ0n) is 11.3. The summed E-state index contributed by atoms with van der Waals surface area (Å²) in [5.41, 5.74) is 6.59. The van der Waals surface area contributed by atoms with E-state index in [0.717, 1.165) is 5.56 Å². The number of thiophene rings is 1. The van der Waals surface area contributed by atoms with Crippen molar-refractivity contribution in [2.45, 2.75) is 24.9 Å². The Morgan fingerprint density at radius 1 is 1.20 bits per heavy atom. The zero-order valence-corrected chi connectivity index (χ0v) is 13.0. The fourth-order valence-corrected chi connectivity index (χ4v) is 4.74. The molecule has 6 heteroatoms. The second-order valence-corrected chi connectivity index (χ2v) is 7.24. The summed E-state index contributed by atoms with van der Waals surface area (Å²) in [6.45, 7) is 2.89. The molecule has 0 radical (unpaired) electrons. The maximum atomic E-state index is 12.7. The summed E-state index contributed by atoms with van der Waals surface area (Å²) in [5.74, 6) is 0. The van der Waals surface area contributed by atoms with Crippen LogP contribution in [0, 0.1) is 0 Å². The molecule has 0 spiro atoms. The molecule has 108 valence electrons. The van der Waals surface area contributed by atoms with Crippen LogP contribution in [0.25, 0.3) is 0 Å². The molecule has 0 bridgehead atoms. The summed E-state index contributed by atoms with van der Waals surface area (Å²) in [5, 5.41) is 1.77. The van der Waals surface area contributed by atoms with Crippen molar-refractivity contribution in [3.8, 4) is 0 Å². The summed E-state index contributed by atoms with van der Waals surface area (Å²) in [4.78, 5) is 1.04. The Hall–Kier alpha value is -1.21. The number of sulfonamides is 1. The largest absolute Gasteiger partial charge is 0.326 e. The highest BCUT2D eigenvalue weighted by molar-refractivity contribution is 7.89. The summed E-state index contributed by atoms with van der Waals surface area (Å²) >= 11 is 1.38. The second kappa shape index (κ2) is 6.49. The van der Waals surface area contributed by atoms with Crippen LogP contribution in [0.15, 0.2) is 46.7 Å². The third kappa shape index (κ3) is 3.09. The molecule has 1 aromatic heterocycles. The molecule has 4 nitrogen and oxygen atoms in total. The molecular weight excluding hydrogens is 292 g/mol. The maximum absolute atomic E-state index is 12.7. The van der Waals surface area contributed by atoms with Gasteiger partial charge in [0.1, 0.15) is 0 Å². The molecule has 20 heavy (non-hydrogen) atoms. The van der Waals surface area contributed by atoms with Crippen molar-refractivity contribution in [3.05, 3.63) is 52.2 Å². The number of hydrogen-bond acceptors (Lipinski definition) is 4. The minimum Gasteiger partial charge on any atom is -0.326 e. The lowest BCUT2D eigenvalue weighted by Crippen LogP contribution is -2.30. The molecule has 0 aliphatic heterocycles. The summed E-state index contributed by atoms with van der Waals surface area (Å²) in [6, 6.07) is 11.2. The lowest BCUT2D eigenvalue weighted by Gasteiger charge is -2.20. The van der Waals surface area contributed by atoms with Gasteiger partial charge in [0.15, 0.2) is 0 Å². The van der Waals surface area contributed by atoms with Gasteiger partial charge in [-0.25, -0.2) is 8.42 Å². The van der Waals surface area contributed by atoms with Crippen LogP contribution in [0.4, 0.5) is 0 Å². The summed E-state index contributed by atoms with van der Waals surface area (Å²) < 4.78 is 26.8. The number of nitrogens with two attached hydrogens (primary N) is 1. The van der Waals surface area contributed by atoms with Gasteiger partial charge in [0.25, 0.3) is 0 Å². The fourth-order valence-electron chi connectivity index (χ4n) is 2.00. The van der Waals surface area contributed by atoms with E-state index in [2.05, 4.69) is 0 Å². The van der Waals surface area contributed by atoms with Gasteiger partial charge in [-0.15, -0.1) is 11.3 Å². The number of benzene rings is 1. The van der Waals surface area contributed by atoms with Crippen LogP contribution < -0.4 is 5.73 Å². The van der Waals surface area contributed by atoms with Gasteiger partial charge < -0.3 is 5.73 Å². The minimum absolute atomic E-state index is 0.245. The highest BCUT2D eigenvalue weighted by Crippen LogP contribution is 2.25. The second-order valence-electron chi connectivity index (χ2n) is 4.33. The Bertz CT molecular complexity index is 651. The highest BCUT2D eigenvalue weighted by atomic mass is 32.2. The van der Waals surface area contributed by atoms with Gasteiger partial charge in [-0.1, -0.05) is 37.3 Å². The molecule has 2 N–H and O–H groups in total. The van der Waals surface area contributed by atoms with E-state index in [1.165, 1.54) is 15.6 Å². The van der Waals surface area contributed by atoms with Crippen LogP contribution in [0.3, 0.4) is 0 Å². The van der Waals surface area contributed by atoms with Gasteiger partial charge in [0.05, 0.1) is 4.90 Å².